The third-order valence-corrected chi connectivity index (χ3v) is 4.50. The van der Waals surface area contributed by atoms with Gasteiger partial charge < -0.3 is 4.74 Å². The van der Waals surface area contributed by atoms with Crippen molar-refractivity contribution in [2.24, 2.45) is 5.10 Å². The number of nitrogens with zero attached hydrogens (tertiary/aromatic N) is 5. The molecule has 0 saturated heterocycles. The molecule has 0 aliphatic carbocycles. The lowest BCUT2D eigenvalue weighted by molar-refractivity contribution is 0.0955. The summed E-state index contributed by atoms with van der Waals surface area (Å²) in [5.74, 6) is 1.00. The van der Waals surface area contributed by atoms with Crippen LogP contribution in [0.3, 0.4) is 0 Å². The first-order valence-electron chi connectivity index (χ1n) is 9.61. The first-order chi connectivity index (χ1) is 15.2. The second-order valence-corrected chi connectivity index (χ2v) is 6.68. The average molecular weight is 412 g/mol. The fourth-order valence-corrected chi connectivity index (χ4v) is 2.89. The Morgan fingerprint density at radius 1 is 1.06 bits per heavy atom. The van der Waals surface area contributed by atoms with Crippen molar-refractivity contribution >= 4 is 12.1 Å². The maximum absolute atomic E-state index is 12.3. The molecule has 0 saturated carbocycles. The Morgan fingerprint density at radius 3 is 2.65 bits per heavy atom. The monoisotopic (exact) mass is 412 g/mol. The molecular weight excluding hydrogens is 392 g/mol. The minimum absolute atomic E-state index is 0.295. The molecule has 0 bridgehead atoms. The Hall–Kier alpha value is -4.33. The van der Waals surface area contributed by atoms with Gasteiger partial charge in [-0.1, -0.05) is 54.6 Å². The predicted molar refractivity (Wildman–Crippen MR) is 117 cm³/mol. The molecule has 31 heavy (non-hydrogen) atoms. The Kier molecular flexibility index (Phi) is 6.08. The van der Waals surface area contributed by atoms with Crippen LogP contribution in [-0.4, -0.2) is 39.4 Å². The van der Waals surface area contributed by atoms with Gasteiger partial charge in [0.15, 0.2) is 0 Å². The lowest BCUT2D eigenvalue weighted by Crippen LogP contribution is -2.17. The summed E-state index contributed by atoms with van der Waals surface area (Å²) in [7, 11) is 1.60. The molecule has 4 rings (SSSR count). The van der Waals surface area contributed by atoms with Crippen molar-refractivity contribution in [1.82, 2.24) is 25.6 Å². The lowest BCUT2D eigenvalue weighted by Gasteiger charge is -2.03. The highest BCUT2D eigenvalue weighted by molar-refractivity contribution is 5.94. The van der Waals surface area contributed by atoms with Crippen LogP contribution in [-0.2, 0) is 6.54 Å². The van der Waals surface area contributed by atoms with E-state index < -0.39 is 0 Å². The molecule has 1 N–H and O–H groups in total. The van der Waals surface area contributed by atoms with E-state index in [0.717, 1.165) is 22.4 Å². The van der Waals surface area contributed by atoms with Gasteiger partial charge in [0.25, 0.3) is 5.91 Å². The topological polar surface area (TPSA) is 94.3 Å². The molecule has 0 radical (unpaired) electrons. The normalized spacial score (nSPS) is 10.9. The van der Waals surface area contributed by atoms with E-state index in [2.05, 4.69) is 25.9 Å². The van der Waals surface area contributed by atoms with Crippen LogP contribution in [0.2, 0.25) is 0 Å². The highest BCUT2D eigenvalue weighted by Gasteiger charge is 2.07. The van der Waals surface area contributed by atoms with E-state index >= 15 is 0 Å². The molecule has 0 fully saturated rings. The van der Waals surface area contributed by atoms with Crippen molar-refractivity contribution in [3.05, 3.63) is 95.6 Å². The van der Waals surface area contributed by atoms with Crippen LogP contribution in [0, 0.1) is 0 Å². The van der Waals surface area contributed by atoms with Gasteiger partial charge >= 0.3 is 0 Å². The van der Waals surface area contributed by atoms with E-state index in [-0.39, 0.29) is 5.91 Å². The molecule has 3 aromatic carbocycles. The number of aromatic nitrogens is 4. The zero-order chi connectivity index (χ0) is 21.5. The minimum Gasteiger partial charge on any atom is -0.497 e. The number of hydrogen-bond donors (Lipinski definition) is 1. The van der Waals surface area contributed by atoms with Gasteiger partial charge in [0, 0.05) is 11.1 Å². The van der Waals surface area contributed by atoms with Gasteiger partial charge in [0.2, 0.25) is 5.82 Å². The zero-order valence-electron chi connectivity index (χ0n) is 16.8. The second kappa shape index (κ2) is 9.45. The van der Waals surface area contributed by atoms with E-state index in [9.17, 15) is 4.79 Å². The molecule has 0 aliphatic rings. The number of ether oxygens (including phenoxy) is 1. The molecule has 0 atom stereocenters. The number of benzene rings is 3. The summed E-state index contributed by atoms with van der Waals surface area (Å²) in [6, 6.07) is 24.2. The number of rotatable bonds is 7. The summed E-state index contributed by atoms with van der Waals surface area (Å²) < 4.78 is 5.17. The highest BCUT2D eigenvalue weighted by Crippen LogP contribution is 2.13. The highest BCUT2D eigenvalue weighted by atomic mass is 16.5. The summed E-state index contributed by atoms with van der Waals surface area (Å²) in [6.45, 7) is 0.454. The lowest BCUT2D eigenvalue weighted by atomic mass is 10.1. The molecule has 8 nitrogen and oxygen atoms in total. The molecule has 154 valence electrons. The molecule has 1 aromatic heterocycles. The summed E-state index contributed by atoms with van der Waals surface area (Å²) in [4.78, 5) is 13.8. The van der Waals surface area contributed by atoms with Crippen molar-refractivity contribution in [2.75, 3.05) is 7.11 Å². The summed E-state index contributed by atoms with van der Waals surface area (Å²) in [5.41, 5.74) is 5.72. The van der Waals surface area contributed by atoms with Crippen LogP contribution in [0.1, 0.15) is 21.5 Å². The largest absolute Gasteiger partial charge is 0.497 e. The Labute approximate surface area is 179 Å². The standard InChI is InChI=1S/C23H20N6O2/c1-31-21-9-5-6-18(14-21)15-24-26-23(30)20-12-10-17(11-13-20)16-29-27-22(25-28-29)19-7-3-2-4-8-19/h2-15H,16H2,1H3,(H,26,30)/b24-15+. The molecule has 0 spiro atoms. The number of methoxy groups -OCH3 is 1. The molecule has 4 aromatic rings. The number of hydrogen-bond acceptors (Lipinski definition) is 6. The van der Waals surface area contributed by atoms with Crippen LogP contribution in [0.25, 0.3) is 11.4 Å². The Balaban J connectivity index is 1.35. The number of nitrogens with one attached hydrogen (secondary N) is 1. The molecule has 0 aliphatic heterocycles. The fraction of sp³-hybridized carbons (Fsp3) is 0.0870. The SMILES string of the molecule is COc1cccc(/C=N/NC(=O)c2ccc(Cn3nnc(-c4ccccc4)n3)cc2)c1. The number of carbonyl (C=O) groups is 1. The van der Waals surface area contributed by atoms with E-state index in [4.69, 9.17) is 4.74 Å². The quantitative estimate of drug-likeness (QED) is 0.372. The average Bonchev–Trinajstić information content (AvgIpc) is 3.29. The zero-order valence-corrected chi connectivity index (χ0v) is 16.8. The predicted octanol–water partition coefficient (Wildman–Crippen LogP) is 3.16. The van der Waals surface area contributed by atoms with Crippen molar-refractivity contribution < 1.29 is 9.53 Å². The summed E-state index contributed by atoms with van der Waals surface area (Å²) >= 11 is 0. The van der Waals surface area contributed by atoms with E-state index in [1.54, 1.807) is 25.5 Å². The summed E-state index contributed by atoms with van der Waals surface area (Å²) in [5, 5.41) is 16.6. The molecule has 1 amide bonds. The van der Waals surface area contributed by atoms with Crippen LogP contribution >= 0.6 is 0 Å². The van der Waals surface area contributed by atoms with Gasteiger partial charge in [0.05, 0.1) is 19.9 Å². The first-order valence-corrected chi connectivity index (χ1v) is 9.61. The third kappa shape index (κ3) is 5.18. The van der Waals surface area contributed by atoms with Gasteiger partial charge in [-0.15, -0.1) is 10.2 Å². The van der Waals surface area contributed by atoms with Crippen molar-refractivity contribution in [3.63, 3.8) is 0 Å². The first kappa shape index (κ1) is 20.0. The Bertz CT molecular complexity index is 1190. The minimum atomic E-state index is -0.295. The smallest absolute Gasteiger partial charge is 0.271 e. The van der Waals surface area contributed by atoms with Crippen molar-refractivity contribution in [1.29, 1.82) is 0 Å². The second-order valence-electron chi connectivity index (χ2n) is 6.68. The number of tetrazole rings is 1. The third-order valence-electron chi connectivity index (χ3n) is 4.50. The number of amides is 1. The van der Waals surface area contributed by atoms with Crippen LogP contribution in [0.15, 0.2) is 84.0 Å². The van der Waals surface area contributed by atoms with Gasteiger partial charge in [-0.3, -0.25) is 4.79 Å². The van der Waals surface area contributed by atoms with Crippen LogP contribution in [0.5, 0.6) is 5.75 Å². The maximum atomic E-state index is 12.3. The van der Waals surface area contributed by atoms with Crippen LogP contribution < -0.4 is 10.2 Å². The molecule has 8 heteroatoms. The van der Waals surface area contributed by atoms with Crippen LogP contribution in [0.4, 0.5) is 0 Å². The van der Waals surface area contributed by atoms with Gasteiger partial charge in [0.1, 0.15) is 5.75 Å². The van der Waals surface area contributed by atoms with E-state index in [1.807, 2.05) is 66.7 Å². The van der Waals surface area contributed by atoms with E-state index in [0.29, 0.717) is 17.9 Å². The molecular formula is C23H20N6O2. The fourth-order valence-electron chi connectivity index (χ4n) is 2.89. The Morgan fingerprint density at radius 2 is 1.87 bits per heavy atom. The van der Waals surface area contributed by atoms with Crippen molar-refractivity contribution in [3.8, 4) is 17.1 Å². The van der Waals surface area contributed by atoms with Gasteiger partial charge in [-0.05, 0) is 40.6 Å². The molecule has 0 unspecified atom stereocenters. The maximum Gasteiger partial charge on any atom is 0.271 e. The number of hydrazone groups is 1. The molecule has 1 heterocycles. The van der Waals surface area contributed by atoms with E-state index in [1.165, 1.54) is 4.80 Å². The van der Waals surface area contributed by atoms with Gasteiger partial charge in [-0.2, -0.15) is 9.90 Å². The van der Waals surface area contributed by atoms with Gasteiger partial charge in [-0.25, -0.2) is 5.43 Å². The van der Waals surface area contributed by atoms with Crippen molar-refractivity contribution in [2.45, 2.75) is 6.54 Å². The number of carbonyl (C=O) groups excluding carboxylic acids is 1. The summed E-state index contributed by atoms with van der Waals surface area (Å²) in [6.07, 6.45) is 1.56.